The Kier molecular flexibility index (Phi) is 4.56. The summed E-state index contributed by atoms with van der Waals surface area (Å²) in [6.45, 7) is 3.25. The van der Waals surface area contributed by atoms with E-state index in [4.69, 9.17) is 4.74 Å². The van der Waals surface area contributed by atoms with E-state index in [1.54, 1.807) is 0 Å². The fourth-order valence-electron chi connectivity index (χ4n) is 3.35. The van der Waals surface area contributed by atoms with Crippen molar-refractivity contribution in [2.75, 3.05) is 19.8 Å². The molecule has 3 aromatic rings. The lowest BCUT2D eigenvalue weighted by Crippen LogP contribution is -2.44. The molecule has 0 aliphatic carbocycles. The van der Waals surface area contributed by atoms with Gasteiger partial charge in [-0.15, -0.1) is 0 Å². The second kappa shape index (κ2) is 7.14. The minimum Gasteiger partial charge on any atom is -0.377 e. The quantitative estimate of drug-likeness (QED) is 0.670. The third kappa shape index (κ3) is 3.46. The minimum atomic E-state index is 0.131. The maximum absolute atomic E-state index is 5.68. The summed E-state index contributed by atoms with van der Waals surface area (Å²) in [6, 6.07) is 21.1. The first kappa shape index (κ1) is 16.0. The van der Waals surface area contributed by atoms with Crippen molar-refractivity contribution in [1.29, 1.82) is 0 Å². The molecule has 0 amide bonds. The average molecular weight is 330 g/mol. The summed E-state index contributed by atoms with van der Waals surface area (Å²) in [5.74, 6) is 6.70. The van der Waals surface area contributed by atoms with Crippen molar-refractivity contribution in [1.82, 2.24) is 9.47 Å². The SMILES string of the molecule is Cn1c(CN2CCOCC2C#Cc2ccccc2)cc2ccccc21. The van der Waals surface area contributed by atoms with Crippen molar-refractivity contribution in [3.63, 3.8) is 0 Å². The van der Waals surface area contributed by atoms with E-state index in [2.05, 4.69) is 58.7 Å². The van der Waals surface area contributed by atoms with Crippen molar-refractivity contribution >= 4 is 10.9 Å². The van der Waals surface area contributed by atoms with Crippen LogP contribution in [0.15, 0.2) is 60.7 Å². The maximum atomic E-state index is 5.68. The Hall–Kier alpha value is -2.54. The first-order valence-electron chi connectivity index (χ1n) is 8.73. The molecule has 2 aromatic carbocycles. The Morgan fingerprint density at radius 2 is 1.88 bits per heavy atom. The fourth-order valence-corrected chi connectivity index (χ4v) is 3.35. The Labute approximate surface area is 148 Å². The summed E-state index contributed by atoms with van der Waals surface area (Å²) in [5.41, 5.74) is 3.64. The number of rotatable bonds is 2. The van der Waals surface area contributed by atoms with Gasteiger partial charge in [-0.3, -0.25) is 4.90 Å². The van der Waals surface area contributed by atoms with Gasteiger partial charge in [0.15, 0.2) is 0 Å². The van der Waals surface area contributed by atoms with Crippen LogP contribution in [0.1, 0.15) is 11.3 Å². The van der Waals surface area contributed by atoms with E-state index in [0.717, 1.165) is 25.3 Å². The van der Waals surface area contributed by atoms with Gasteiger partial charge in [-0.05, 0) is 29.7 Å². The van der Waals surface area contributed by atoms with Crippen LogP contribution in [-0.2, 0) is 18.3 Å². The van der Waals surface area contributed by atoms with Crippen LogP contribution < -0.4 is 0 Å². The van der Waals surface area contributed by atoms with Crippen LogP contribution in [0.5, 0.6) is 0 Å². The largest absolute Gasteiger partial charge is 0.377 e. The molecule has 2 heterocycles. The van der Waals surface area contributed by atoms with Gasteiger partial charge in [0.1, 0.15) is 0 Å². The molecule has 126 valence electrons. The van der Waals surface area contributed by atoms with E-state index in [1.807, 2.05) is 30.3 Å². The fraction of sp³-hybridized carbons (Fsp3) is 0.273. The van der Waals surface area contributed by atoms with Crippen LogP contribution in [0.2, 0.25) is 0 Å². The predicted molar refractivity (Wildman–Crippen MR) is 101 cm³/mol. The monoisotopic (exact) mass is 330 g/mol. The predicted octanol–water partition coefficient (Wildman–Crippen LogP) is 3.43. The number of morpholine rings is 1. The van der Waals surface area contributed by atoms with Crippen LogP contribution in [0, 0.1) is 11.8 Å². The van der Waals surface area contributed by atoms with E-state index in [0.29, 0.717) is 6.61 Å². The number of ether oxygens (including phenoxy) is 1. The molecule has 1 atom stereocenters. The van der Waals surface area contributed by atoms with Gasteiger partial charge in [-0.25, -0.2) is 0 Å². The summed E-state index contributed by atoms with van der Waals surface area (Å²) >= 11 is 0. The van der Waals surface area contributed by atoms with E-state index in [-0.39, 0.29) is 6.04 Å². The zero-order chi connectivity index (χ0) is 17.1. The van der Waals surface area contributed by atoms with E-state index in [1.165, 1.54) is 16.6 Å². The van der Waals surface area contributed by atoms with E-state index >= 15 is 0 Å². The van der Waals surface area contributed by atoms with Gasteiger partial charge in [0.2, 0.25) is 0 Å². The molecule has 0 bridgehead atoms. The third-order valence-electron chi connectivity index (χ3n) is 4.81. The van der Waals surface area contributed by atoms with Crippen LogP contribution in [0.3, 0.4) is 0 Å². The average Bonchev–Trinajstić information content (AvgIpc) is 2.98. The summed E-state index contributed by atoms with van der Waals surface area (Å²) in [5, 5.41) is 1.29. The van der Waals surface area contributed by atoms with Crippen molar-refractivity contribution in [3.8, 4) is 11.8 Å². The Bertz CT molecular complexity index is 917. The van der Waals surface area contributed by atoms with Crippen LogP contribution in [-0.4, -0.2) is 35.3 Å². The van der Waals surface area contributed by atoms with Crippen molar-refractivity contribution in [2.24, 2.45) is 7.05 Å². The Balaban J connectivity index is 1.57. The molecular formula is C22H22N2O. The molecule has 0 spiro atoms. The molecule has 0 saturated carbocycles. The number of aromatic nitrogens is 1. The summed E-state index contributed by atoms with van der Waals surface area (Å²) in [6.07, 6.45) is 0. The van der Waals surface area contributed by atoms with Gasteiger partial charge in [-0.1, -0.05) is 48.2 Å². The number of fused-ring (bicyclic) bond motifs is 1. The zero-order valence-corrected chi connectivity index (χ0v) is 14.5. The normalized spacial score (nSPS) is 18.0. The molecule has 25 heavy (non-hydrogen) atoms. The van der Waals surface area contributed by atoms with Gasteiger partial charge in [0.05, 0.1) is 19.3 Å². The smallest absolute Gasteiger partial charge is 0.0959 e. The van der Waals surface area contributed by atoms with Crippen molar-refractivity contribution < 1.29 is 4.74 Å². The first-order valence-corrected chi connectivity index (χ1v) is 8.73. The first-order chi connectivity index (χ1) is 12.3. The molecule has 0 radical (unpaired) electrons. The molecule has 1 unspecified atom stereocenters. The lowest BCUT2D eigenvalue weighted by molar-refractivity contribution is 0.00874. The molecule has 1 aromatic heterocycles. The maximum Gasteiger partial charge on any atom is 0.0959 e. The number of para-hydroxylation sites is 1. The van der Waals surface area contributed by atoms with Gasteiger partial charge >= 0.3 is 0 Å². The molecule has 1 saturated heterocycles. The highest BCUT2D eigenvalue weighted by Gasteiger charge is 2.22. The van der Waals surface area contributed by atoms with Crippen LogP contribution in [0.25, 0.3) is 10.9 Å². The number of hydrogen-bond donors (Lipinski definition) is 0. The summed E-state index contributed by atoms with van der Waals surface area (Å²) in [4.78, 5) is 2.42. The molecule has 0 N–H and O–H groups in total. The minimum absolute atomic E-state index is 0.131. The Morgan fingerprint density at radius 3 is 2.72 bits per heavy atom. The summed E-state index contributed by atoms with van der Waals surface area (Å²) in [7, 11) is 2.14. The van der Waals surface area contributed by atoms with E-state index in [9.17, 15) is 0 Å². The van der Waals surface area contributed by atoms with Gasteiger partial charge < -0.3 is 9.30 Å². The molecule has 3 heteroatoms. The molecule has 1 aliphatic rings. The zero-order valence-electron chi connectivity index (χ0n) is 14.5. The Morgan fingerprint density at radius 1 is 1.08 bits per heavy atom. The summed E-state index contributed by atoms with van der Waals surface area (Å²) < 4.78 is 7.96. The highest BCUT2D eigenvalue weighted by molar-refractivity contribution is 5.81. The number of hydrogen-bond acceptors (Lipinski definition) is 2. The van der Waals surface area contributed by atoms with Gasteiger partial charge in [0.25, 0.3) is 0 Å². The number of aryl methyl sites for hydroxylation is 1. The third-order valence-corrected chi connectivity index (χ3v) is 4.81. The highest BCUT2D eigenvalue weighted by atomic mass is 16.5. The molecule has 4 rings (SSSR count). The van der Waals surface area contributed by atoms with Crippen LogP contribution >= 0.6 is 0 Å². The molecule has 1 fully saturated rings. The lowest BCUT2D eigenvalue weighted by atomic mass is 10.1. The standard InChI is InChI=1S/C22H22N2O/c1-23-21(15-19-9-5-6-10-22(19)23)16-24-13-14-25-17-20(24)12-11-18-7-3-2-4-8-18/h2-10,15,20H,13-14,16-17H2,1H3. The van der Waals surface area contributed by atoms with Gasteiger partial charge in [-0.2, -0.15) is 0 Å². The topological polar surface area (TPSA) is 17.4 Å². The lowest BCUT2D eigenvalue weighted by Gasteiger charge is -2.32. The number of benzene rings is 2. The van der Waals surface area contributed by atoms with Crippen molar-refractivity contribution in [2.45, 2.75) is 12.6 Å². The second-order valence-corrected chi connectivity index (χ2v) is 6.45. The van der Waals surface area contributed by atoms with Gasteiger partial charge in [0, 0.05) is 36.9 Å². The van der Waals surface area contributed by atoms with Crippen LogP contribution in [0.4, 0.5) is 0 Å². The van der Waals surface area contributed by atoms with Crippen molar-refractivity contribution in [3.05, 3.63) is 71.9 Å². The number of nitrogens with zero attached hydrogens (tertiary/aromatic N) is 2. The van der Waals surface area contributed by atoms with E-state index < -0.39 is 0 Å². The molecule has 1 aliphatic heterocycles. The molecular weight excluding hydrogens is 308 g/mol. The molecule has 3 nitrogen and oxygen atoms in total. The second-order valence-electron chi connectivity index (χ2n) is 6.45. The highest BCUT2D eigenvalue weighted by Crippen LogP contribution is 2.21.